The van der Waals surface area contributed by atoms with Crippen LogP contribution >= 0.6 is 23.2 Å². The van der Waals surface area contributed by atoms with E-state index >= 15 is 0 Å². The van der Waals surface area contributed by atoms with E-state index < -0.39 is 0 Å². The van der Waals surface area contributed by atoms with Gasteiger partial charge in [0, 0.05) is 24.4 Å². The first-order chi connectivity index (χ1) is 10.0. The minimum atomic E-state index is -0.0288. The maximum atomic E-state index is 12.3. The smallest absolute Gasteiger partial charge is 0.182 e. The first-order valence-corrected chi connectivity index (χ1v) is 7.10. The zero-order valence-corrected chi connectivity index (χ0v) is 13.3. The van der Waals surface area contributed by atoms with Gasteiger partial charge in [-0.25, -0.2) is 0 Å². The van der Waals surface area contributed by atoms with E-state index in [1.165, 1.54) is 0 Å². The molecule has 0 aliphatic rings. The summed E-state index contributed by atoms with van der Waals surface area (Å²) < 4.78 is 5.18. The number of methoxy groups -OCH3 is 1. The van der Waals surface area contributed by atoms with Gasteiger partial charge in [-0.15, -0.1) is 0 Å². The number of carbonyl (C=O) groups excluding carboxylic acids is 1. The first kappa shape index (κ1) is 15.7. The Balaban J connectivity index is 2.12. The summed E-state index contributed by atoms with van der Waals surface area (Å²) in [5.41, 5.74) is 1.45. The van der Waals surface area contributed by atoms with E-state index in [9.17, 15) is 4.79 Å². The van der Waals surface area contributed by atoms with Crippen LogP contribution in [0.3, 0.4) is 0 Å². The largest absolute Gasteiger partial charge is 0.497 e. The zero-order valence-electron chi connectivity index (χ0n) is 11.8. The molecule has 5 heteroatoms. The van der Waals surface area contributed by atoms with Crippen molar-refractivity contribution in [1.82, 2.24) is 0 Å². The summed E-state index contributed by atoms with van der Waals surface area (Å²) in [6.45, 7) is 0.241. The van der Waals surface area contributed by atoms with Gasteiger partial charge in [0.2, 0.25) is 0 Å². The molecule has 0 amide bonds. The Morgan fingerprint density at radius 1 is 1.14 bits per heavy atom. The van der Waals surface area contributed by atoms with E-state index in [-0.39, 0.29) is 12.3 Å². The number of Topliss-reactive ketones (excluding diaryl/α,β-unsaturated/α-hetero) is 1. The Kier molecular flexibility index (Phi) is 5.10. The summed E-state index contributed by atoms with van der Waals surface area (Å²) in [7, 11) is 3.46. The molecule has 2 aromatic rings. The number of benzene rings is 2. The highest BCUT2D eigenvalue weighted by atomic mass is 35.5. The number of carbonyl (C=O) groups is 1. The molecule has 2 aromatic carbocycles. The van der Waals surface area contributed by atoms with Crippen LogP contribution in [0.1, 0.15) is 10.4 Å². The van der Waals surface area contributed by atoms with Crippen molar-refractivity contribution < 1.29 is 9.53 Å². The Bertz CT molecular complexity index is 658. The normalized spacial score (nSPS) is 10.3. The lowest BCUT2D eigenvalue weighted by molar-refractivity contribution is 0.100. The van der Waals surface area contributed by atoms with Crippen molar-refractivity contribution >= 4 is 34.7 Å². The number of hydrogen-bond donors (Lipinski definition) is 0. The van der Waals surface area contributed by atoms with Gasteiger partial charge >= 0.3 is 0 Å². The second kappa shape index (κ2) is 6.83. The second-order valence-corrected chi connectivity index (χ2v) is 5.42. The molecule has 0 saturated carbocycles. The molecular weight excluding hydrogens is 309 g/mol. The predicted molar refractivity (Wildman–Crippen MR) is 87.1 cm³/mol. The standard InChI is InChI=1S/C16H15Cl2NO2/c1-19(12-4-3-5-13(9-12)21-2)10-16(20)11-6-7-14(17)15(18)8-11/h3-9H,10H2,1-2H3. The Hall–Kier alpha value is -1.71. The molecule has 0 aliphatic heterocycles. The van der Waals surface area contributed by atoms with Crippen LogP contribution in [-0.4, -0.2) is 26.5 Å². The lowest BCUT2D eigenvalue weighted by atomic mass is 10.1. The van der Waals surface area contributed by atoms with E-state index in [0.29, 0.717) is 15.6 Å². The summed E-state index contributed by atoms with van der Waals surface area (Å²) in [5.74, 6) is 0.722. The maximum Gasteiger partial charge on any atom is 0.182 e. The van der Waals surface area contributed by atoms with E-state index in [1.54, 1.807) is 25.3 Å². The van der Waals surface area contributed by atoms with Gasteiger partial charge in [0.15, 0.2) is 5.78 Å². The summed E-state index contributed by atoms with van der Waals surface area (Å²) in [4.78, 5) is 14.1. The summed E-state index contributed by atoms with van der Waals surface area (Å²) in [6, 6.07) is 12.4. The molecule has 0 aromatic heterocycles. The van der Waals surface area contributed by atoms with E-state index in [2.05, 4.69) is 0 Å². The fraction of sp³-hybridized carbons (Fsp3) is 0.188. The molecule has 3 nitrogen and oxygen atoms in total. The number of nitrogens with zero attached hydrogens (tertiary/aromatic N) is 1. The van der Waals surface area contributed by atoms with Crippen molar-refractivity contribution in [3.63, 3.8) is 0 Å². The number of ether oxygens (including phenoxy) is 1. The third kappa shape index (κ3) is 3.90. The summed E-state index contributed by atoms with van der Waals surface area (Å²) in [6.07, 6.45) is 0. The molecule has 0 fully saturated rings. The molecule has 0 aliphatic carbocycles. The number of anilines is 1. The van der Waals surface area contributed by atoms with Gasteiger partial charge in [0.1, 0.15) is 5.75 Å². The number of halogens is 2. The van der Waals surface area contributed by atoms with Crippen LogP contribution in [0.25, 0.3) is 0 Å². The quantitative estimate of drug-likeness (QED) is 0.767. The minimum Gasteiger partial charge on any atom is -0.497 e. The molecule has 0 bridgehead atoms. The number of hydrogen-bond acceptors (Lipinski definition) is 3. The fourth-order valence-electron chi connectivity index (χ4n) is 1.92. The third-order valence-corrected chi connectivity index (χ3v) is 3.86. The highest BCUT2D eigenvalue weighted by Crippen LogP contribution is 2.24. The monoisotopic (exact) mass is 323 g/mol. The lowest BCUT2D eigenvalue weighted by Gasteiger charge is -2.19. The topological polar surface area (TPSA) is 29.5 Å². The van der Waals surface area contributed by atoms with Crippen LogP contribution in [0.15, 0.2) is 42.5 Å². The Labute approximate surface area is 134 Å². The molecule has 0 N–H and O–H groups in total. The average Bonchev–Trinajstić information content (AvgIpc) is 2.49. The van der Waals surface area contributed by atoms with Crippen molar-refractivity contribution in [2.45, 2.75) is 0 Å². The van der Waals surface area contributed by atoms with Gasteiger partial charge in [0.25, 0.3) is 0 Å². The van der Waals surface area contributed by atoms with Crippen molar-refractivity contribution in [2.75, 3.05) is 25.6 Å². The van der Waals surface area contributed by atoms with Crippen molar-refractivity contribution in [1.29, 1.82) is 0 Å². The Morgan fingerprint density at radius 2 is 1.90 bits per heavy atom. The molecule has 0 saturated heterocycles. The molecule has 110 valence electrons. The van der Waals surface area contributed by atoms with Gasteiger partial charge in [-0.05, 0) is 30.3 Å². The summed E-state index contributed by atoms with van der Waals surface area (Å²) in [5, 5.41) is 0.820. The molecule has 0 atom stereocenters. The van der Waals surface area contributed by atoms with Crippen LogP contribution in [-0.2, 0) is 0 Å². The van der Waals surface area contributed by atoms with E-state index in [4.69, 9.17) is 27.9 Å². The molecule has 0 spiro atoms. The van der Waals surface area contributed by atoms with Gasteiger partial charge < -0.3 is 9.64 Å². The SMILES string of the molecule is COc1cccc(N(C)CC(=O)c2ccc(Cl)c(Cl)c2)c1. The minimum absolute atomic E-state index is 0.0288. The molecule has 0 heterocycles. The molecular formula is C16H15Cl2NO2. The van der Waals surface area contributed by atoms with Crippen LogP contribution in [0, 0.1) is 0 Å². The van der Waals surface area contributed by atoms with E-state index in [1.807, 2.05) is 36.2 Å². The van der Waals surface area contributed by atoms with E-state index in [0.717, 1.165) is 11.4 Å². The van der Waals surface area contributed by atoms with Gasteiger partial charge in [-0.1, -0.05) is 29.3 Å². The zero-order chi connectivity index (χ0) is 15.4. The second-order valence-electron chi connectivity index (χ2n) is 4.61. The lowest BCUT2D eigenvalue weighted by Crippen LogP contribution is -2.25. The fourth-order valence-corrected chi connectivity index (χ4v) is 2.21. The molecule has 0 radical (unpaired) electrons. The highest BCUT2D eigenvalue weighted by Gasteiger charge is 2.12. The molecule has 2 rings (SSSR count). The van der Waals surface area contributed by atoms with Crippen LogP contribution in [0.2, 0.25) is 10.0 Å². The molecule has 0 unspecified atom stereocenters. The van der Waals surface area contributed by atoms with Gasteiger partial charge in [-0.2, -0.15) is 0 Å². The van der Waals surface area contributed by atoms with Gasteiger partial charge in [0.05, 0.1) is 23.7 Å². The number of likely N-dealkylation sites (N-methyl/N-ethyl adjacent to an activating group) is 1. The van der Waals surface area contributed by atoms with Crippen LogP contribution in [0.5, 0.6) is 5.75 Å². The van der Waals surface area contributed by atoms with Crippen LogP contribution < -0.4 is 9.64 Å². The number of ketones is 1. The highest BCUT2D eigenvalue weighted by molar-refractivity contribution is 6.42. The average molecular weight is 324 g/mol. The Morgan fingerprint density at radius 3 is 2.57 bits per heavy atom. The van der Waals surface area contributed by atoms with Crippen molar-refractivity contribution in [2.24, 2.45) is 0 Å². The van der Waals surface area contributed by atoms with Crippen LogP contribution in [0.4, 0.5) is 5.69 Å². The molecule has 21 heavy (non-hydrogen) atoms. The predicted octanol–water partition coefficient (Wildman–Crippen LogP) is 4.32. The van der Waals surface area contributed by atoms with Crippen molar-refractivity contribution in [3.8, 4) is 5.75 Å². The first-order valence-electron chi connectivity index (χ1n) is 6.34. The van der Waals surface area contributed by atoms with Gasteiger partial charge in [-0.3, -0.25) is 4.79 Å². The van der Waals surface area contributed by atoms with Crippen molar-refractivity contribution in [3.05, 3.63) is 58.1 Å². The number of rotatable bonds is 5. The third-order valence-electron chi connectivity index (χ3n) is 3.12. The summed E-state index contributed by atoms with van der Waals surface area (Å²) >= 11 is 11.8. The maximum absolute atomic E-state index is 12.3.